The van der Waals surface area contributed by atoms with Crippen LogP contribution < -0.4 is 10.1 Å². The van der Waals surface area contributed by atoms with Crippen molar-refractivity contribution in [2.75, 3.05) is 0 Å². The van der Waals surface area contributed by atoms with Gasteiger partial charge in [0.2, 0.25) is 0 Å². The number of nitrogens with one attached hydrogen (secondary N) is 1. The molecule has 0 aliphatic heterocycles. The molecule has 0 spiro atoms. The van der Waals surface area contributed by atoms with Gasteiger partial charge in [0.25, 0.3) is 5.91 Å². The lowest BCUT2D eigenvalue weighted by molar-refractivity contribution is 0.0907. The summed E-state index contributed by atoms with van der Waals surface area (Å²) >= 11 is 0. The molecule has 4 nitrogen and oxygen atoms in total. The molecule has 0 radical (unpaired) electrons. The summed E-state index contributed by atoms with van der Waals surface area (Å²) in [5.41, 5.74) is 2.42. The maximum atomic E-state index is 11.9. The largest absolute Gasteiger partial charge is 0.486 e. The third-order valence-electron chi connectivity index (χ3n) is 3.73. The van der Waals surface area contributed by atoms with Gasteiger partial charge in [-0.3, -0.25) is 4.79 Å². The van der Waals surface area contributed by atoms with Gasteiger partial charge in [0, 0.05) is 6.04 Å². The van der Waals surface area contributed by atoms with Crippen molar-refractivity contribution in [1.29, 1.82) is 0 Å². The zero-order valence-electron chi connectivity index (χ0n) is 13.6. The fourth-order valence-electron chi connectivity index (χ4n) is 1.93. The zero-order valence-corrected chi connectivity index (χ0v) is 13.6. The average molecular weight is 301 g/mol. The van der Waals surface area contributed by atoms with E-state index >= 15 is 0 Å². The summed E-state index contributed by atoms with van der Waals surface area (Å²) in [6.45, 7) is 8.40. The van der Waals surface area contributed by atoms with E-state index in [9.17, 15) is 4.79 Å². The van der Waals surface area contributed by atoms with Crippen molar-refractivity contribution >= 4 is 5.91 Å². The fourth-order valence-corrected chi connectivity index (χ4v) is 1.93. The number of benzene rings is 1. The maximum Gasteiger partial charge on any atom is 0.287 e. The number of aryl methyl sites for hydroxylation is 2. The second-order valence-electron chi connectivity index (χ2n) is 5.58. The molecule has 118 valence electrons. The SMILES string of the molecule is CCC(C)NC(=O)c1ccc(COc2ccc(C)c(C)c2)o1. The third-order valence-corrected chi connectivity index (χ3v) is 3.73. The van der Waals surface area contributed by atoms with E-state index in [1.165, 1.54) is 11.1 Å². The average Bonchev–Trinajstić information content (AvgIpc) is 2.97. The third kappa shape index (κ3) is 4.13. The van der Waals surface area contributed by atoms with Gasteiger partial charge in [-0.1, -0.05) is 13.0 Å². The van der Waals surface area contributed by atoms with Crippen LogP contribution in [0, 0.1) is 13.8 Å². The van der Waals surface area contributed by atoms with E-state index < -0.39 is 0 Å². The van der Waals surface area contributed by atoms with Crippen LogP contribution in [-0.2, 0) is 6.61 Å². The molecule has 0 saturated heterocycles. The summed E-state index contributed by atoms with van der Waals surface area (Å²) in [5, 5.41) is 2.87. The second-order valence-corrected chi connectivity index (χ2v) is 5.58. The molecule has 0 bridgehead atoms. The van der Waals surface area contributed by atoms with Crippen LogP contribution in [-0.4, -0.2) is 11.9 Å². The first-order valence-corrected chi connectivity index (χ1v) is 7.59. The van der Waals surface area contributed by atoms with Crippen molar-refractivity contribution in [3.8, 4) is 5.75 Å². The molecule has 0 saturated carbocycles. The Morgan fingerprint density at radius 2 is 2.00 bits per heavy atom. The molecule has 1 unspecified atom stereocenters. The number of carbonyl (C=O) groups excluding carboxylic acids is 1. The van der Waals surface area contributed by atoms with Crippen LogP contribution in [0.1, 0.15) is 47.7 Å². The molecule has 1 atom stereocenters. The second kappa shape index (κ2) is 7.16. The number of carbonyl (C=O) groups is 1. The van der Waals surface area contributed by atoms with E-state index in [0.29, 0.717) is 18.1 Å². The van der Waals surface area contributed by atoms with Gasteiger partial charge in [-0.05, 0) is 62.6 Å². The normalized spacial score (nSPS) is 12.0. The van der Waals surface area contributed by atoms with Gasteiger partial charge in [0.15, 0.2) is 5.76 Å². The Bertz CT molecular complexity index is 646. The van der Waals surface area contributed by atoms with Crippen LogP contribution in [0.5, 0.6) is 5.75 Å². The Morgan fingerprint density at radius 1 is 1.23 bits per heavy atom. The number of ether oxygens (including phenoxy) is 1. The Hall–Kier alpha value is -2.23. The highest BCUT2D eigenvalue weighted by atomic mass is 16.5. The number of furan rings is 1. The molecule has 1 aromatic carbocycles. The first-order chi connectivity index (χ1) is 10.5. The number of rotatable bonds is 6. The number of hydrogen-bond acceptors (Lipinski definition) is 3. The molecule has 2 rings (SSSR count). The van der Waals surface area contributed by atoms with Crippen molar-refractivity contribution in [1.82, 2.24) is 5.32 Å². The van der Waals surface area contributed by atoms with Crippen molar-refractivity contribution < 1.29 is 13.9 Å². The molecule has 4 heteroatoms. The zero-order chi connectivity index (χ0) is 16.1. The Kier molecular flexibility index (Phi) is 5.26. The van der Waals surface area contributed by atoms with E-state index in [2.05, 4.69) is 12.2 Å². The number of hydrogen-bond donors (Lipinski definition) is 1. The molecule has 22 heavy (non-hydrogen) atoms. The molecule has 0 fully saturated rings. The molecule has 0 aliphatic carbocycles. The van der Waals surface area contributed by atoms with E-state index in [1.54, 1.807) is 12.1 Å². The Balaban J connectivity index is 1.94. The lowest BCUT2D eigenvalue weighted by Gasteiger charge is -2.09. The molecular weight excluding hydrogens is 278 g/mol. The summed E-state index contributed by atoms with van der Waals surface area (Å²) < 4.78 is 11.2. The standard InChI is InChI=1S/C18H23NO3/c1-5-14(4)19-18(20)17-9-8-16(22-17)11-21-15-7-6-12(2)13(3)10-15/h6-10,14H,5,11H2,1-4H3,(H,19,20). The summed E-state index contributed by atoms with van der Waals surface area (Å²) in [6.07, 6.45) is 0.884. The first kappa shape index (κ1) is 16.1. The molecule has 1 aromatic heterocycles. The van der Waals surface area contributed by atoms with Gasteiger partial charge in [-0.15, -0.1) is 0 Å². The predicted molar refractivity (Wildman–Crippen MR) is 86.2 cm³/mol. The van der Waals surface area contributed by atoms with Gasteiger partial charge >= 0.3 is 0 Å². The van der Waals surface area contributed by atoms with Crippen molar-refractivity contribution in [2.24, 2.45) is 0 Å². The molecule has 2 aromatic rings. The lowest BCUT2D eigenvalue weighted by atomic mass is 10.1. The van der Waals surface area contributed by atoms with Crippen LogP contribution in [0.15, 0.2) is 34.7 Å². The molecular formula is C18H23NO3. The van der Waals surface area contributed by atoms with Gasteiger partial charge < -0.3 is 14.5 Å². The van der Waals surface area contributed by atoms with Crippen molar-refractivity contribution in [2.45, 2.75) is 46.8 Å². The summed E-state index contributed by atoms with van der Waals surface area (Å²) in [7, 11) is 0. The minimum atomic E-state index is -0.188. The monoisotopic (exact) mass is 301 g/mol. The maximum absolute atomic E-state index is 11.9. The van der Waals surface area contributed by atoms with Gasteiger partial charge in [-0.2, -0.15) is 0 Å². The smallest absolute Gasteiger partial charge is 0.287 e. The van der Waals surface area contributed by atoms with Gasteiger partial charge in [0.1, 0.15) is 18.1 Å². The molecule has 1 N–H and O–H groups in total. The van der Waals surface area contributed by atoms with Gasteiger partial charge in [-0.25, -0.2) is 0 Å². The number of amides is 1. The minimum Gasteiger partial charge on any atom is -0.486 e. The van der Waals surface area contributed by atoms with E-state index in [4.69, 9.17) is 9.15 Å². The minimum absolute atomic E-state index is 0.132. The summed E-state index contributed by atoms with van der Waals surface area (Å²) in [4.78, 5) is 11.9. The van der Waals surface area contributed by atoms with Crippen molar-refractivity contribution in [3.05, 3.63) is 53.0 Å². The first-order valence-electron chi connectivity index (χ1n) is 7.59. The summed E-state index contributed by atoms with van der Waals surface area (Å²) in [5.74, 6) is 1.56. The Morgan fingerprint density at radius 3 is 2.68 bits per heavy atom. The van der Waals surface area contributed by atoms with Crippen molar-refractivity contribution in [3.63, 3.8) is 0 Å². The van der Waals surface area contributed by atoms with E-state index in [1.807, 2.05) is 39.0 Å². The predicted octanol–water partition coefficient (Wildman–Crippen LogP) is 4.00. The van der Waals surface area contributed by atoms with Gasteiger partial charge in [0.05, 0.1) is 0 Å². The van der Waals surface area contributed by atoms with Crippen LogP contribution in [0.4, 0.5) is 0 Å². The Labute approximate surface area is 131 Å². The fraction of sp³-hybridized carbons (Fsp3) is 0.389. The highest BCUT2D eigenvalue weighted by Crippen LogP contribution is 2.18. The topological polar surface area (TPSA) is 51.5 Å². The van der Waals surface area contributed by atoms with Crippen LogP contribution in [0.2, 0.25) is 0 Å². The molecule has 1 amide bonds. The highest BCUT2D eigenvalue weighted by molar-refractivity contribution is 5.91. The highest BCUT2D eigenvalue weighted by Gasteiger charge is 2.13. The van der Waals surface area contributed by atoms with Crippen LogP contribution >= 0.6 is 0 Å². The van der Waals surface area contributed by atoms with Crippen LogP contribution in [0.3, 0.4) is 0 Å². The quantitative estimate of drug-likeness (QED) is 0.877. The van der Waals surface area contributed by atoms with E-state index in [-0.39, 0.29) is 11.9 Å². The summed E-state index contributed by atoms with van der Waals surface area (Å²) in [6, 6.07) is 9.53. The van der Waals surface area contributed by atoms with Crippen LogP contribution in [0.25, 0.3) is 0 Å². The lowest BCUT2D eigenvalue weighted by Crippen LogP contribution is -2.31. The molecule has 1 heterocycles. The van der Waals surface area contributed by atoms with E-state index in [0.717, 1.165) is 12.2 Å². The molecule has 0 aliphatic rings.